The summed E-state index contributed by atoms with van der Waals surface area (Å²) in [6, 6.07) is 14.5. The lowest BCUT2D eigenvalue weighted by Crippen LogP contribution is -2.13. The van der Waals surface area contributed by atoms with Crippen LogP contribution < -0.4 is 10.6 Å². The Bertz CT molecular complexity index is 2150. The molecule has 2 aliphatic heterocycles. The zero-order chi connectivity index (χ0) is 35.0. The van der Waals surface area contributed by atoms with E-state index < -0.39 is 41.8 Å². The predicted molar refractivity (Wildman–Crippen MR) is 172 cm³/mol. The van der Waals surface area contributed by atoms with Crippen LogP contribution in [-0.4, -0.2) is 64.5 Å². The van der Waals surface area contributed by atoms with Crippen molar-refractivity contribution in [2.75, 3.05) is 24.9 Å². The standard InChI is InChI=1S/2C13H9N3O6S2/c2*1-22-13(17)11-8(6-10(23-11)16(18)19)14-12-7-4-2-3-5-9(7)24(20,21)15-12/h2*2-6H,1H3,(H,14,15). The lowest BCUT2D eigenvalue weighted by molar-refractivity contribution is -0.380. The minimum Gasteiger partial charge on any atom is -0.465 e. The Labute approximate surface area is 277 Å². The van der Waals surface area contributed by atoms with Crippen LogP contribution in [0.5, 0.6) is 0 Å². The number of sulfonamides is 2. The van der Waals surface area contributed by atoms with Crippen LogP contribution in [0.3, 0.4) is 0 Å². The predicted octanol–water partition coefficient (Wildman–Crippen LogP) is 4.01. The van der Waals surface area contributed by atoms with Gasteiger partial charge in [0.25, 0.3) is 20.0 Å². The van der Waals surface area contributed by atoms with E-state index >= 15 is 0 Å². The molecule has 0 bridgehead atoms. The number of anilines is 2. The number of fused-ring (bicyclic) bond motifs is 2. The molecule has 4 aromatic rings. The molecule has 6 rings (SSSR count). The third-order valence-corrected chi connectivity index (χ3v) is 11.1. The first-order valence-electron chi connectivity index (χ1n) is 12.8. The number of nitrogens with zero attached hydrogens (tertiary/aromatic N) is 4. The van der Waals surface area contributed by atoms with E-state index in [0.29, 0.717) is 33.8 Å². The lowest BCUT2D eigenvalue weighted by atomic mass is 10.2. The number of ether oxygens (including phenoxy) is 2. The number of hydrogen-bond acceptors (Lipinski definition) is 16. The molecule has 0 unspecified atom stereocenters. The number of methoxy groups -OCH3 is 2. The average molecular weight is 735 g/mol. The maximum absolute atomic E-state index is 12.0. The van der Waals surface area contributed by atoms with Crippen molar-refractivity contribution >= 4 is 87.7 Å². The van der Waals surface area contributed by atoms with Gasteiger partial charge >= 0.3 is 21.9 Å². The van der Waals surface area contributed by atoms with Crippen molar-refractivity contribution in [3.05, 3.63) is 102 Å². The molecule has 48 heavy (non-hydrogen) atoms. The van der Waals surface area contributed by atoms with Gasteiger partial charge in [-0.25, -0.2) is 9.59 Å². The van der Waals surface area contributed by atoms with E-state index in [1.54, 1.807) is 36.4 Å². The highest BCUT2D eigenvalue weighted by molar-refractivity contribution is 7.91. The van der Waals surface area contributed by atoms with Crippen molar-refractivity contribution in [2.24, 2.45) is 8.80 Å². The van der Waals surface area contributed by atoms with E-state index in [4.69, 9.17) is 0 Å². The second-order valence-corrected chi connectivity index (χ2v) is 14.4. The summed E-state index contributed by atoms with van der Waals surface area (Å²) in [5, 5.41) is 26.7. The Morgan fingerprint density at radius 2 is 1.04 bits per heavy atom. The Balaban J connectivity index is 0.000000188. The monoisotopic (exact) mass is 734 g/mol. The second kappa shape index (κ2) is 12.9. The molecule has 18 nitrogen and oxygen atoms in total. The molecule has 22 heteroatoms. The first-order chi connectivity index (χ1) is 22.7. The minimum atomic E-state index is -3.84. The summed E-state index contributed by atoms with van der Waals surface area (Å²) in [5.74, 6) is -1.57. The zero-order valence-corrected chi connectivity index (χ0v) is 27.4. The van der Waals surface area contributed by atoms with Gasteiger partial charge in [-0.15, -0.1) is 8.80 Å². The van der Waals surface area contributed by atoms with Crippen LogP contribution in [0.4, 0.5) is 21.4 Å². The van der Waals surface area contributed by atoms with Crippen LogP contribution in [0.15, 0.2) is 79.3 Å². The van der Waals surface area contributed by atoms with Gasteiger partial charge in [0.05, 0.1) is 47.6 Å². The Hall–Kier alpha value is -5.58. The van der Waals surface area contributed by atoms with Gasteiger partial charge in [0.1, 0.15) is 19.5 Å². The summed E-state index contributed by atoms with van der Waals surface area (Å²) in [7, 11) is -5.40. The number of nitro groups is 2. The Kier molecular flexibility index (Phi) is 9.08. The molecule has 2 N–H and O–H groups in total. The van der Waals surface area contributed by atoms with E-state index in [9.17, 15) is 46.7 Å². The van der Waals surface area contributed by atoms with Crippen molar-refractivity contribution in [2.45, 2.75) is 9.79 Å². The highest BCUT2D eigenvalue weighted by Gasteiger charge is 2.32. The number of amidine groups is 2. The number of carbonyl (C=O) groups excluding carboxylic acids is 2. The third kappa shape index (κ3) is 6.48. The maximum Gasteiger partial charge on any atom is 0.350 e. The Morgan fingerprint density at radius 3 is 1.38 bits per heavy atom. The summed E-state index contributed by atoms with van der Waals surface area (Å²) >= 11 is 1.25. The number of hydrogen-bond donors (Lipinski definition) is 2. The van der Waals surface area contributed by atoms with Gasteiger partial charge < -0.3 is 20.1 Å². The number of nitrogens with one attached hydrogen (secondary N) is 2. The summed E-state index contributed by atoms with van der Waals surface area (Å²) in [6.45, 7) is 0. The van der Waals surface area contributed by atoms with E-state index in [1.165, 1.54) is 12.1 Å². The number of esters is 2. The fraction of sp³-hybridized carbons (Fsp3) is 0.0769. The molecule has 2 aliphatic rings. The van der Waals surface area contributed by atoms with Crippen LogP contribution in [-0.2, 0) is 29.5 Å². The molecule has 0 fully saturated rings. The summed E-state index contributed by atoms with van der Waals surface area (Å²) < 4.78 is 64.5. The molecular weight excluding hydrogens is 717 g/mol. The molecule has 0 atom stereocenters. The summed E-state index contributed by atoms with van der Waals surface area (Å²) in [6.07, 6.45) is 0. The summed E-state index contributed by atoms with van der Waals surface area (Å²) in [5.41, 5.74) is 0.762. The minimum absolute atomic E-state index is 0.0107. The molecule has 4 heterocycles. The highest BCUT2D eigenvalue weighted by atomic mass is 32.2. The molecule has 0 aliphatic carbocycles. The second-order valence-electron chi connectivity index (χ2n) is 9.22. The van der Waals surface area contributed by atoms with E-state index in [-0.39, 0.29) is 52.6 Å². The first kappa shape index (κ1) is 33.8. The molecule has 248 valence electrons. The topological polar surface area (TPSA) is 256 Å². The van der Waals surface area contributed by atoms with Gasteiger partial charge in [0, 0.05) is 11.1 Å². The van der Waals surface area contributed by atoms with E-state index in [1.807, 2.05) is 0 Å². The van der Waals surface area contributed by atoms with Crippen molar-refractivity contribution in [3.8, 4) is 0 Å². The number of thiophene rings is 2. The van der Waals surface area contributed by atoms with Crippen LogP contribution in [0.1, 0.15) is 30.5 Å². The van der Waals surface area contributed by atoms with Gasteiger partial charge in [0.15, 0.2) is 11.7 Å². The smallest absolute Gasteiger partial charge is 0.350 e. The van der Waals surface area contributed by atoms with E-state index in [2.05, 4.69) is 28.9 Å². The first-order valence-corrected chi connectivity index (χ1v) is 17.3. The van der Waals surface area contributed by atoms with Crippen LogP contribution in [0.2, 0.25) is 0 Å². The molecule has 0 saturated heterocycles. The average Bonchev–Trinajstić information content (AvgIpc) is 3.80. The van der Waals surface area contributed by atoms with Gasteiger partial charge in [-0.1, -0.05) is 46.9 Å². The zero-order valence-electron chi connectivity index (χ0n) is 24.1. The molecular formula is C26H18N6O12S4. The van der Waals surface area contributed by atoms with Crippen molar-refractivity contribution in [1.29, 1.82) is 0 Å². The van der Waals surface area contributed by atoms with Crippen LogP contribution in [0.25, 0.3) is 0 Å². The maximum atomic E-state index is 12.0. The number of carbonyl (C=O) groups is 2. The molecule has 0 spiro atoms. The normalized spacial score (nSPS) is 14.6. The molecule has 0 saturated carbocycles. The van der Waals surface area contributed by atoms with Gasteiger partial charge in [0.2, 0.25) is 0 Å². The largest absolute Gasteiger partial charge is 0.465 e. The van der Waals surface area contributed by atoms with Gasteiger partial charge in [-0.2, -0.15) is 16.8 Å². The number of benzene rings is 2. The van der Waals surface area contributed by atoms with Crippen molar-refractivity contribution in [3.63, 3.8) is 0 Å². The van der Waals surface area contributed by atoms with Gasteiger partial charge in [-0.3, -0.25) is 20.2 Å². The van der Waals surface area contributed by atoms with Crippen LogP contribution in [0, 0.1) is 20.2 Å². The molecule has 0 radical (unpaired) electrons. The fourth-order valence-electron chi connectivity index (χ4n) is 4.26. The third-order valence-electron chi connectivity index (χ3n) is 6.31. The van der Waals surface area contributed by atoms with Gasteiger partial charge in [-0.05, 0) is 24.3 Å². The lowest BCUT2D eigenvalue weighted by Gasteiger charge is -2.06. The SMILES string of the molecule is COC(=O)c1sc([N+](=O)[O-])cc1NC1=NS(=O)(=O)c2ccccc21.COC(=O)c1sc([N+](=O)[O-])cc1NC1=NS(=O)(=O)c2ccccc21. The van der Waals surface area contributed by atoms with Crippen LogP contribution >= 0.6 is 22.7 Å². The summed E-state index contributed by atoms with van der Waals surface area (Å²) in [4.78, 5) is 44.1. The van der Waals surface area contributed by atoms with Crippen molar-refractivity contribution in [1.82, 2.24) is 0 Å². The molecule has 0 amide bonds. The van der Waals surface area contributed by atoms with Crippen molar-refractivity contribution < 1.29 is 45.7 Å². The molecule has 2 aromatic heterocycles. The molecule has 2 aromatic carbocycles. The fourth-order valence-corrected chi connectivity index (χ4v) is 8.30. The van der Waals surface area contributed by atoms with E-state index in [0.717, 1.165) is 26.4 Å². The highest BCUT2D eigenvalue weighted by Crippen LogP contribution is 2.37. The number of rotatable bonds is 6. The Morgan fingerprint density at radius 1 is 0.688 bits per heavy atom. The quantitative estimate of drug-likeness (QED) is 0.161.